The zero-order valence-corrected chi connectivity index (χ0v) is 15.4. The summed E-state index contributed by atoms with van der Waals surface area (Å²) in [6.07, 6.45) is 3.32. The summed E-state index contributed by atoms with van der Waals surface area (Å²) in [5.41, 5.74) is 4.04. The third-order valence-corrected chi connectivity index (χ3v) is 4.61. The summed E-state index contributed by atoms with van der Waals surface area (Å²) in [6, 6.07) is 20.6. The Balaban J connectivity index is 1.74. The predicted molar refractivity (Wildman–Crippen MR) is 108 cm³/mol. The molecule has 0 radical (unpaired) electrons. The largest absolute Gasteiger partial charge is 0.350 e. The van der Waals surface area contributed by atoms with Crippen molar-refractivity contribution in [3.63, 3.8) is 0 Å². The van der Waals surface area contributed by atoms with E-state index in [4.69, 9.17) is 0 Å². The van der Waals surface area contributed by atoms with Gasteiger partial charge in [0.1, 0.15) is 5.70 Å². The highest BCUT2D eigenvalue weighted by Crippen LogP contribution is 2.31. The first-order chi connectivity index (χ1) is 13.6. The Labute approximate surface area is 163 Å². The molecule has 2 aromatic carbocycles. The Bertz CT molecular complexity index is 1040. The van der Waals surface area contributed by atoms with Crippen LogP contribution in [0.25, 0.3) is 5.57 Å². The maximum absolute atomic E-state index is 13.2. The Morgan fingerprint density at radius 2 is 1.64 bits per heavy atom. The van der Waals surface area contributed by atoms with Gasteiger partial charge in [0.25, 0.3) is 11.8 Å². The average Bonchev–Trinajstić information content (AvgIpc) is 2.95. The minimum Gasteiger partial charge on any atom is -0.350 e. The third-order valence-electron chi connectivity index (χ3n) is 4.61. The highest BCUT2D eigenvalue weighted by Gasteiger charge is 2.39. The molecule has 0 saturated carbocycles. The Morgan fingerprint density at radius 1 is 0.893 bits per heavy atom. The average molecular weight is 369 g/mol. The van der Waals surface area contributed by atoms with Crippen molar-refractivity contribution < 1.29 is 9.59 Å². The number of aryl methyl sites for hydroxylation is 1. The van der Waals surface area contributed by atoms with Crippen LogP contribution in [0.4, 0.5) is 5.69 Å². The van der Waals surface area contributed by atoms with Crippen LogP contribution in [-0.2, 0) is 16.1 Å². The van der Waals surface area contributed by atoms with Gasteiger partial charge in [-0.25, -0.2) is 0 Å². The van der Waals surface area contributed by atoms with Crippen molar-refractivity contribution >= 4 is 23.1 Å². The van der Waals surface area contributed by atoms with Crippen LogP contribution in [0.2, 0.25) is 0 Å². The number of carbonyl (C=O) groups is 2. The van der Waals surface area contributed by atoms with Gasteiger partial charge >= 0.3 is 0 Å². The molecule has 0 atom stereocenters. The second-order valence-electron chi connectivity index (χ2n) is 6.66. The van der Waals surface area contributed by atoms with E-state index in [1.54, 1.807) is 18.5 Å². The molecule has 1 N–H and O–H groups in total. The summed E-state index contributed by atoms with van der Waals surface area (Å²) >= 11 is 0. The van der Waals surface area contributed by atoms with Gasteiger partial charge in [0, 0.05) is 18.1 Å². The number of rotatable bonds is 5. The lowest BCUT2D eigenvalue weighted by Crippen LogP contribution is -2.32. The quantitative estimate of drug-likeness (QED) is 0.695. The SMILES string of the molecule is Cc1ccc(C2=C(Nc3ccccc3)C(=O)N(Cc3cccnc3)C2=O)cc1. The lowest BCUT2D eigenvalue weighted by atomic mass is 10.0. The highest BCUT2D eigenvalue weighted by molar-refractivity contribution is 6.36. The van der Waals surface area contributed by atoms with Crippen molar-refractivity contribution in [2.75, 3.05) is 5.32 Å². The predicted octanol–water partition coefficient (Wildman–Crippen LogP) is 3.78. The minimum absolute atomic E-state index is 0.181. The summed E-state index contributed by atoms with van der Waals surface area (Å²) in [5.74, 6) is -0.649. The number of para-hydroxylation sites is 1. The van der Waals surface area contributed by atoms with Gasteiger partial charge in [-0.05, 0) is 36.2 Å². The van der Waals surface area contributed by atoms with Crippen LogP contribution < -0.4 is 5.32 Å². The molecule has 1 aromatic heterocycles. The topological polar surface area (TPSA) is 62.3 Å². The molecular weight excluding hydrogens is 350 g/mol. The fourth-order valence-corrected chi connectivity index (χ4v) is 3.16. The van der Waals surface area contributed by atoms with Crippen LogP contribution in [0.1, 0.15) is 16.7 Å². The van der Waals surface area contributed by atoms with Gasteiger partial charge in [-0.3, -0.25) is 19.5 Å². The molecule has 138 valence electrons. The maximum Gasteiger partial charge on any atom is 0.278 e. The molecule has 0 aliphatic carbocycles. The fourth-order valence-electron chi connectivity index (χ4n) is 3.16. The molecule has 4 rings (SSSR count). The van der Waals surface area contributed by atoms with Crippen molar-refractivity contribution in [3.05, 3.63) is 102 Å². The van der Waals surface area contributed by atoms with Gasteiger partial charge in [0.05, 0.1) is 12.1 Å². The van der Waals surface area contributed by atoms with Crippen molar-refractivity contribution in [2.24, 2.45) is 0 Å². The first kappa shape index (κ1) is 17.7. The van der Waals surface area contributed by atoms with Crippen LogP contribution >= 0.6 is 0 Å². The number of benzene rings is 2. The van der Waals surface area contributed by atoms with Gasteiger partial charge in [0.2, 0.25) is 0 Å². The Morgan fingerprint density at radius 3 is 2.32 bits per heavy atom. The zero-order valence-electron chi connectivity index (χ0n) is 15.4. The van der Waals surface area contributed by atoms with Crippen molar-refractivity contribution in [1.29, 1.82) is 0 Å². The molecule has 0 unspecified atom stereocenters. The molecule has 0 bridgehead atoms. The normalized spacial score (nSPS) is 14.0. The number of amides is 2. The molecule has 1 aliphatic heterocycles. The first-order valence-corrected chi connectivity index (χ1v) is 9.02. The van der Waals surface area contributed by atoms with E-state index in [0.717, 1.165) is 22.4 Å². The van der Waals surface area contributed by atoms with E-state index in [1.807, 2.05) is 67.6 Å². The number of carbonyl (C=O) groups excluding carboxylic acids is 2. The van der Waals surface area contributed by atoms with Crippen molar-refractivity contribution in [2.45, 2.75) is 13.5 Å². The van der Waals surface area contributed by atoms with Gasteiger partial charge in [-0.15, -0.1) is 0 Å². The number of nitrogens with zero attached hydrogens (tertiary/aromatic N) is 2. The molecule has 0 spiro atoms. The molecule has 2 heterocycles. The number of imide groups is 1. The summed E-state index contributed by atoms with van der Waals surface area (Å²) in [7, 11) is 0. The Kier molecular flexibility index (Phi) is 4.72. The molecule has 2 amide bonds. The van der Waals surface area contributed by atoms with E-state index in [0.29, 0.717) is 11.3 Å². The van der Waals surface area contributed by atoms with Gasteiger partial charge < -0.3 is 5.32 Å². The monoisotopic (exact) mass is 369 g/mol. The number of pyridine rings is 1. The molecule has 3 aromatic rings. The number of nitrogens with one attached hydrogen (secondary N) is 1. The van der Waals surface area contributed by atoms with Gasteiger partial charge in [-0.1, -0.05) is 54.1 Å². The Hall–Kier alpha value is -3.73. The van der Waals surface area contributed by atoms with Crippen molar-refractivity contribution in [1.82, 2.24) is 9.88 Å². The lowest BCUT2D eigenvalue weighted by molar-refractivity contribution is -0.137. The van der Waals surface area contributed by atoms with Crippen LogP contribution in [0.3, 0.4) is 0 Å². The van der Waals surface area contributed by atoms with Crippen molar-refractivity contribution in [3.8, 4) is 0 Å². The zero-order chi connectivity index (χ0) is 19.5. The standard InChI is InChI=1S/C23H19N3O2/c1-16-9-11-18(12-10-16)20-21(25-19-7-3-2-4-8-19)23(28)26(22(20)27)15-17-6-5-13-24-14-17/h2-14,25H,15H2,1H3. The highest BCUT2D eigenvalue weighted by atomic mass is 16.2. The fraction of sp³-hybridized carbons (Fsp3) is 0.0870. The smallest absolute Gasteiger partial charge is 0.278 e. The number of hydrogen-bond acceptors (Lipinski definition) is 4. The van der Waals surface area contributed by atoms with Gasteiger partial charge in [0.15, 0.2) is 0 Å². The third kappa shape index (κ3) is 3.42. The first-order valence-electron chi connectivity index (χ1n) is 9.02. The van der Waals surface area contributed by atoms with E-state index >= 15 is 0 Å². The van der Waals surface area contributed by atoms with Crippen LogP contribution in [0, 0.1) is 6.92 Å². The molecule has 28 heavy (non-hydrogen) atoms. The number of anilines is 1. The van der Waals surface area contributed by atoms with Gasteiger partial charge in [-0.2, -0.15) is 0 Å². The molecule has 5 heteroatoms. The summed E-state index contributed by atoms with van der Waals surface area (Å²) in [6.45, 7) is 2.17. The lowest BCUT2D eigenvalue weighted by Gasteiger charge is -2.15. The van der Waals surface area contributed by atoms with E-state index in [1.165, 1.54) is 4.90 Å². The van der Waals surface area contributed by atoms with E-state index in [-0.39, 0.29) is 18.4 Å². The van der Waals surface area contributed by atoms with E-state index in [9.17, 15) is 9.59 Å². The summed E-state index contributed by atoms with van der Waals surface area (Å²) < 4.78 is 0. The van der Waals surface area contributed by atoms with Crippen LogP contribution in [0.15, 0.2) is 84.8 Å². The maximum atomic E-state index is 13.2. The van der Waals surface area contributed by atoms with E-state index in [2.05, 4.69) is 10.3 Å². The number of hydrogen-bond donors (Lipinski definition) is 1. The molecule has 5 nitrogen and oxygen atoms in total. The molecule has 0 saturated heterocycles. The van der Waals surface area contributed by atoms with Crippen LogP contribution in [0.5, 0.6) is 0 Å². The van der Waals surface area contributed by atoms with Crippen LogP contribution in [-0.4, -0.2) is 21.7 Å². The van der Waals surface area contributed by atoms with E-state index < -0.39 is 0 Å². The second-order valence-corrected chi connectivity index (χ2v) is 6.66. The summed E-state index contributed by atoms with van der Waals surface area (Å²) in [4.78, 5) is 31.7. The summed E-state index contributed by atoms with van der Waals surface area (Å²) in [5, 5.41) is 3.15. The number of aromatic nitrogens is 1. The minimum atomic E-state index is -0.340. The molecule has 0 fully saturated rings. The molecular formula is C23H19N3O2. The molecule has 1 aliphatic rings. The second kappa shape index (κ2) is 7.48.